The van der Waals surface area contributed by atoms with Gasteiger partial charge >= 0.3 is 0 Å². The van der Waals surface area contributed by atoms with Crippen molar-refractivity contribution in [2.75, 3.05) is 5.32 Å². The third-order valence-electron chi connectivity index (χ3n) is 5.76. The Hall–Kier alpha value is -4.05. The van der Waals surface area contributed by atoms with Crippen molar-refractivity contribution in [3.05, 3.63) is 71.7 Å². The molecule has 5 aromatic heterocycles. The summed E-state index contributed by atoms with van der Waals surface area (Å²) in [6, 6.07) is 9.64. The van der Waals surface area contributed by atoms with Crippen molar-refractivity contribution in [3.63, 3.8) is 0 Å². The molecule has 0 saturated carbocycles. The maximum atomic E-state index is 6.21. The van der Waals surface area contributed by atoms with Gasteiger partial charge in [-0.05, 0) is 37.5 Å². The molecule has 1 atom stereocenters. The predicted molar refractivity (Wildman–Crippen MR) is 126 cm³/mol. The average molecular weight is 474 g/mol. The Kier molecular flexibility index (Phi) is 5.06. The van der Waals surface area contributed by atoms with Crippen LogP contribution in [0.2, 0.25) is 5.02 Å². The van der Waals surface area contributed by atoms with E-state index in [9.17, 15) is 0 Å². The highest BCUT2D eigenvalue weighted by molar-refractivity contribution is 6.30. The predicted octanol–water partition coefficient (Wildman–Crippen LogP) is 4.17. The summed E-state index contributed by atoms with van der Waals surface area (Å²) < 4.78 is 10.0. The van der Waals surface area contributed by atoms with Crippen LogP contribution >= 0.6 is 11.6 Å². The van der Waals surface area contributed by atoms with E-state index < -0.39 is 0 Å². The second-order valence-corrected chi connectivity index (χ2v) is 8.49. The number of halogens is 1. The Morgan fingerprint density at radius 2 is 2.06 bits per heavy atom. The molecule has 0 amide bonds. The number of nitrogens with one attached hydrogen (secondary N) is 1. The lowest BCUT2D eigenvalue weighted by molar-refractivity contribution is 0.183. The molecule has 0 radical (unpaired) electrons. The Morgan fingerprint density at radius 1 is 1.12 bits per heavy atom. The van der Waals surface area contributed by atoms with Crippen LogP contribution in [0.4, 0.5) is 11.8 Å². The third kappa shape index (κ3) is 3.81. The molecule has 0 fully saturated rings. The highest BCUT2D eigenvalue weighted by Gasteiger charge is 2.25. The summed E-state index contributed by atoms with van der Waals surface area (Å²) in [5, 5.41) is 16.8. The fraction of sp³-hybridized carbons (Fsp3) is 0.217. The minimum Gasteiger partial charge on any atom is -0.481 e. The number of pyridine rings is 2. The number of anilines is 2. The van der Waals surface area contributed by atoms with Crippen molar-refractivity contribution in [1.82, 2.24) is 39.3 Å². The molecule has 6 heterocycles. The first-order valence-electron chi connectivity index (χ1n) is 10.9. The summed E-state index contributed by atoms with van der Waals surface area (Å²) in [5.41, 5.74) is 3.62. The number of aryl methyl sites for hydroxylation is 2. The summed E-state index contributed by atoms with van der Waals surface area (Å²) in [7, 11) is 1.86. The largest absolute Gasteiger partial charge is 0.481 e. The number of aromatic nitrogens is 8. The van der Waals surface area contributed by atoms with Crippen LogP contribution in [-0.4, -0.2) is 39.3 Å². The number of ether oxygens (including phenoxy) is 1. The van der Waals surface area contributed by atoms with Crippen molar-refractivity contribution >= 4 is 29.0 Å². The van der Waals surface area contributed by atoms with E-state index in [-0.39, 0.29) is 6.10 Å². The molecule has 1 unspecified atom stereocenters. The lowest BCUT2D eigenvalue weighted by Gasteiger charge is -2.16. The molecule has 10 nitrogen and oxygen atoms in total. The molecule has 1 N–H and O–H groups in total. The van der Waals surface area contributed by atoms with Gasteiger partial charge < -0.3 is 10.1 Å². The van der Waals surface area contributed by atoms with Crippen molar-refractivity contribution < 1.29 is 4.74 Å². The normalized spacial score (nSPS) is 15.3. The molecule has 170 valence electrons. The first kappa shape index (κ1) is 20.5. The fourth-order valence-corrected chi connectivity index (χ4v) is 4.35. The first-order chi connectivity index (χ1) is 16.6. The van der Waals surface area contributed by atoms with E-state index in [0.29, 0.717) is 16.7 Å². The molecular weight excluding hydrogens is 454 g/mol. The van der Waals surface area contributed by atoms with Crippen LogP contribution in [0.15, 0.2) is 55.1 Å². The topological polar surface area (TPSA) is 108 Å². The van der Waals surface area contributed by atoms with Crippen LogP contribution in [0.3, 0.4) is 0 Å². The van der Waals surface area contributed by atoms with Crippen molar-refractivity contribution in [3.8, 4) is 17.0 Å². The van der Waals surface area contributed by atoms with E-state index in [1.165, 1.54) is 0 Å². The molecule has 0 bridgehead atoms. The van der Waals surface area contributed by atoms with E-state index in [2.05, 4.69) is 41.0 Å². The van der Waals surface area contributed by atoms with Crippen LogP contribution in [-0.2, 0) is 13.5 Å². The van der Waals surface area contributed by atoms with Crippen LogP contribution in [0.25, 0.3) is 16.9 Å². The van der Waals surface area contributed by atoms with Gasteiger partial charge in [0.2, 0.25) is 5.95 Å². The monoisotopic (exact) mass is 473 g/mol. The lowest BCUT2D eigenvalue weighted by atomic mass is 10.1. The summed E-state index contributed by atoms with van der Waals surface area (Å²) in [4.78, 5) is 13.2. The van der Waals surface area contributed by atoms with Gasteiger partial charge in [-0.2, -0.15) is 5.10 Å². The van der Waals surface area contributed by atoms with Crippen molar-refractivity contribution in [1.29, 1.82) is 0 Å². The zero-order valence-corrected chi connectivity index (χ0v) is 19.0. The minimum absolute atomic E-state index is 0.240. The van der Waals surface area contributed by atoms with Crippen molar-refractivity contribution in [2.45, 2.75) is 25.4 Å². The molecule has 34 heavy (non-hydrogen) atoms. The van der Waals surface area contributed by atoms with Gasteiger partial charge in [0.05, 0.1) is 23.1 Å². The van der Waals surface area contributed by atoms with Gasteiger partial charge in [-0.25, -0.2) is 9.97 Å². The standard InChI is InChI=1S/C23H20ClN9O/c1-32-20(6-8-27-32)29-23-26-7-5-18(28-23)14-9-16-3-2-4-19(22-31-30-21(10-14)33(16)22)34-17-11-15(24)12-25-13-17/h5-13,19H,2-4H2,1H3,(H,26,28,29). The summed E-state index contributed by atoms with van der Waals surface area (Å²) in [5.74, 6) is 2.69. The molecule has 0 spiro atoms. The van der Waals surface area contributed by atoms with Crippen molar-refractivity contribution in [2.24, 2.45) is 7.05 Å². The zero-order chi connectivity index (χ0) is 23.1. The Morgan fingerprint density at radius 3 is 2.91 bits per heavy atom. The minimum atomic E-state index is -0.240. The molecule has 0 aliphatic carbocycles. The number of nitrogens with zero attached hydrogens (tertiary/aromatic N) is 8. The molecule has 11 heteroatoms. The smallest absolute Gasteiger partial charge is 0.228 e. The highest BCUT2D eigenvalue weighted by Crippen LogP contribution is 2.32. The van der Waals surface area contributed by atoms with Crippen LogP contribution in [0.5, 0.6) is 5.75 Å². The summed E-state index contributed by atoms with van der Waals surface area (Å²) in [6.45, 7) is 0. The number of hydrogen-bond donors (Lipinski definition) is 1. The van der Waals surface area contributed by atoms with E-state index in [0.717, 1.165) is 53.5 Å². The second-order valence-electron chi connectivity index (χ2n) is 8.06. The van der Waals surface area contributed by atoms with E-state index >= 15 is 0 Å². The Bertz CT molecular complexity index is 1500. The fourth-order valence-electron chi connectivity index (χ4n) is 4.18. The number of hydrogen-bond acceptors (Lipinski definition) is 8. The highest BCUT2D eigenvalue weighted by atomic mass is 35.5. The summed E-state index contributed by atoms with van der Waals surface area (Å²) in [6.07, 6.45) is 9.08. The number of rotatable bonds is 5. The molecule has 1 aliphatic rings. The first-order valence-corrected chi connectivity index (χ1v) is 11.3. The van der Waals surface area contributed by atoms with E-state index in [4.69, 9.17) is 21.3 Å². The van der Waals surface area contributed by atoms with Gasteiger partial charge in [-0.1, -0.05) is 11.6 Å². The van der Waals surface area contributed by atoms with Gasteiger partial charge in [0, 0.05) is 42.8 Å². The average Bonchev–Trinajstić information content (AvgIpc) is 3.40. The van der Waals surface area contributed by atoms with Gasteiger partial charge in [0.25, 0.3) is 0 Å². The third-order valence-corrected chi connectivity index (χ3v) is 5.97. The van der Waals surface area contributed by atoms with Crippen LogP contribution < -0.4 is 10.1 Å². The van der Waals surface area contributed by atoms with Gasteiger partial charge in [0.15, 0.2) is 17.6 Å². The van der Waals surface area contributed by atoms with Crippen LogP contribution in [0, 0.1) is 0 Å². The second kappa shape index (κ2) is 8.38. The molecule has 0 saturated heterocycles. The quantitative estimate of drug-likeness (QED) is 0.405. The molecular formula is C23H20ClN9O. The van der Waals surface area contributed by atoms with Gasteiger partial charge in [-0.3, -0.25) is 14.1 Å². The Balaban J connectivity index is 1.34. The maximum Gasteiger partial charge on any atom is 0.228 e. The lowest BCUT2D eigenvalue weighted by Crippen LogP contribution is -2.11. The zero-order valence-electron chi connectivity index (χ0n) is 18.3. The van der Waals surface area contributed by atoms with Gasteiger partial charge in [-0.15, -0.1) is 10.2 Å². The van der Waals surface area contributed by atoms with Crippen LogP contribution in [0.1, 0.15) is 30.5 Å². The molecule has 6 rings (SSSR count). The molecule has 5 aromatic rings. The molecule has 0 aromatic carbocycles. The maximum absolute atomic E-state index is 6.21. The van der Waals surface area contributed by atoms with E-state index in [1.807, 2.05) is 25.2 Å². The van der Waals surface area contributed by atoms with E-state index in [1.54, 1.807) is 35.5 Å². The Labute approximate surface area is 199 Å². The summed E-state index contributed by atoms with van der Waals surface area (Å²) >= 11 is 6.07. The SMILES string of the molecule is Cn1nccc1Nc1nccc(-c2cc3n4c(nnc4c2)C(Oc2cncc(Cl)c2)CCC3)n1. The molecule has 1 aliphatic heterocycles. The van der Waals surface area contributed by atoms with Gasteiger partial charge in [0.1, 0.15) is 11.6 Å².